The van der Waals surface area contributed by atoms with E-state index in [2.05, 4.69) is 45.3 Å². The van der Waals surface area contributed by atoms with Crippen LogP contribution in [0.25, 0.3) is 11.5 Å². The Labute approximate surface area is 121 Å². The normalized spacial score (nSPS) is 11.2. The molecular formula is C14H18BrN3O. The predicted molar refractivity (Wildman–Crippen MR) is 79.0 cm³/mol. The number of rotatable bonds is 5. The summed E-state index contributed by atoms with van der Waals surface area (Å²) in [5.41, 5.74) is 2.09. The van der Waals surface area contributed by atoms with Crippen molar-refractivity contribution in [1.29, 1.82) is 0 Å². The highest BCUT2D eigenvalue weighted by Gasteiger charge is 2.12. The zero-order valence-corrected chi connectivity index (χ0v) is 13.0. The Kier molecular flexibility index (Phi) is 4.71. The fourth-order valence-electron chi connectivity index (χ4n) is 1.77. The molecule has 19 heavy (non-hydrogen) atoms. The maximum Gasteiger partial charge on any atom is 0.248 e. The quantitative estimate of drug-likeness (QED) is 0.916. The number of nitrogens with one attached hydrogen (secondary N) is 1. The molecule has 0 saturated carbocycles. The van der Waals surface area contributed by atoms with E-state index in [-0.39, 0.29) is 0 Å². The Morgan fingerprint density at radius 2 is 2.11 bits per heavy atom. The first-order chi connectivity index (χ1) is 9.08. The molecule has 1 heterocycles. The Bertz CT molecular complexity index is 551. The van der Waals surface area contributed by atoms with Crippen LogP contribution >= 0.6 is 15.9 Å². The second-order valence-corrected chi connectivity index (χ2v) is 5.63. The second-order valence-electron chi connectivity index (χ2n) is 4.77. The van der Waals surface area contributed by atoms with E-state index in [0.29, 0.717) is 17.8 Å². The molecule has 0 saturated heterocycles. The van der Waals surface area contributed by atoms with Crippen molar-refractivity contribution in [2.24, 2.45) is 0 Å². The molecule has 0 atom stereocenters. The standard InChI is InChI=1S/C14H18BrN3O/c1-9(2)16-8-7-13-17-18-14(19-13)11-5-4-6-12(15)10(11)3/h4-6,9,16H,7-8H2,1-3H3. The number of hydrogen-bond donors (Lipinski definition) is 1. The van der Waals surface area contributed by atoms with Gasteiger partial charge in [0, 0.05) is 29.0 Å². The number of hydrogen-bond acceptors (Lipinski definition) is 4. The van der Waals surface area contributed by atoms with Crippen LogP contribution in [0.5, 0.6) is 0 Å². The summed E-state index contributed by atoms with van der Waals surface area (Å²) in [6, 6.07) is 6.43. The summed E-state index contributed by atoms with van der Waals surface area (Å²) in [6.07, 6.45) is 0.748. The molecule has 0 aliphatic rings. The summed E-state index contributed by atoms with van der Waals surface area (Å²) in [6.45, 7) is 7.11. The Hall–Kier alpha value is -1.20. The molecule has 0 unspecified atom stereocenters. The first-order valence-corrected chi connectivity index (χ1v) is 7.18. The SMILES string of the molecule is Cc1c(Br)cccc1-c1nnc(CCNC(C)C)o1. The third-order valence-corrected chi connectivity index (χ3v) is 3.72. The van der Waals surface area contributed by atoms with Gasteiger partial charge in [-0.15, -0.1) is 10.2 Å². The largest absolute Gasteiger partial charge is 0.421 e. The van der Waals surface area contributed by atoms with E-state index in [4.69, 9.17) is 4.42 Å². The molecule has 0 radical (unpaired) electrons. The van der Waals surface area contributed by atoms with Crippen molar-refractivity contribution in [2.75, 3.05) is 6.54 Å². The van der Waals surface area contributed by atoms with Crippen molar-refractivity contribution in [2.45, 2.75) is 33.2 Å². The first-order valence-electron chi connectivity index (χ1n) is 6.39. The van der Waals surface area contributed by atoms with E-state index < -0.39 is 0 Å². The van der Waals surface area contributed by atoms with Crippen LogP contribution in [0.3, 0.4) is 0 Å². The highest BCUT2D eigenvalue weighted by Crippen LogP contribution is 2.27. The van der Waals surface area contributed by atoms with E-state index in [1.807, 2.05) is 25.1 Å². The predicted octanol–water partition coefficient (Wildman–Crippen LogP) is 3.35. The molecule has 0 aliphatic carbocycles. The third kappa shape index (κ3) is 3.64. The van der Waals surface area contributed by atoms with E-state index in [9.17, 15) is 0 Å². The zero-order chi connectivity index (χ0) is 13.8. The molecule has 0 fully saturated rings. The zero-order valence-electron chi connectivity index (χ0n) is 11.4. The topological polar surface area (TPSA) is 51.0 Å². The molecule has 0 spiro atoms. The van der Waals surface area contributed by atoms with Crippen LogP contribution < -0.4 is 5.32 Å². The van der Waals surface area contributed by atoms with Gasteiger partial charge in [0.1, 0.15) is 0 Å². The van der Waals surface area contributed by atoms with Gasteiger partial charge < -0.3 is 9.73 Å². The van der Waals surface area contributed by atoms with Crippen LogP contribution in [0.15, 0.2) is 27.1 Å². The second kappa shape index (κ2) is 6.30. The van der Waals surface area contributed by atoms with Crippen molar-refractivity contribution >= 4 is 15.9 Å². The van der Waals surface area contributed by atoms with Gasteiger partial charge in [0.15, 0.2) is 0 Å². The van der Waals surface area contributed by atoms with Crippen molar-refractivity contribution in [3.05, 3.63) is 34.1 Å². The van der Waals surface area contributed by atoms with Crippen LogP contribution in [-0.2, 0) is 6.42 Å². The minimum Gasteiger partial charge on any atom is -0.421 e. The summed E-state index contributed by atoms with van der Waals surface area (Å²) in [5.74, 6) is 1.25. The van der Waals surface area contributed by atoms with Crippen LogP contribution in [0.1, 0.15) is 25.3 Å². The average Bonchev–Trinajstić information content (AvgIpc) is 2.81. The maximum absolute atomic E-state index is 5.70. The van der Waals surface area contributed by atoms with E-state index in [1.165, 1.54) is 0 Å². The van der Waals surface area contributed by atoms with Crippen LogP contribution in [0.4, 0.5) is 0 Å². The van der Waals surface area contributed by atoms with Gasteiger partial charge in [-0.3, -0.25) is 0 Å². The third-order valence-electron chi connectivity index (χ3n) is 2.86. The molecule has 2 aromatic rings. The number of halogens is 1. The van der Waals surface area contributed by atoms with E-state index in [1.54, 1.807) is 0 Å². The summed E-state index contributed by atoms with van der Waals surface area (Å²) < 4.78 is 6.75. The molecule has 0 amide bonds. The van der Waals surface area contributed by atoms with Crippen LogP contribution in [0.2, 0.25) is 0 Å². The van der Waals surface area contributed by atoms with Crippen LogP contribution in [0, 0.1) is 6.92 Å². The molecule has 4 nitrogen and oxygen atoms in total. The lowest BCUT2D eigenvalue weighted by Gasteiger charge is -2.05. The lowest BCUT2D eigenvalue weighted by atomic mass is 10.1. The van der Waals surface area contributed by atoms with E-state index in [0.717, 1.165) is 28.6 Å². The molecule has 1 aromatic heterocycles. The van der Waals surface area contributed by atoms with Gasteiger partial charge in [-0.2, -0.15) is 0 Å². The summed E-state index contributed by atoms with van der Waals surface area (Å²) in [5, 5.41) is 11.5. The lowest BCUT2D eigenvalue weighted by Crippen LogP contribution is -2.25. The van der Waals surface area contributed by atoms with Gasteiger partial charge in [0.2, 0.25) is 11.8 Å². The Balaban J connectivity index is 2.10. The van der Waals surface area contributed by atoms with Gasteiger partial charge in [-0.05, 0) is 24.6 Å². The molecule has 2 rings (SSSR count). The molecule has 1 N–H and O–H groups in total. The van der Waals surface area contributed by atoms with Crippen molar-refractivity contribution in [3.8, 4) is 11.5 Å². The number of nitrogens with zero attached hydrogens (tertiary/aromatic N) is 2. The molecule has 102 valence electrons. The van der Waals surface area contributed by atoms with Crippen molar-refractivity contribution in [1.82, 2.24) is 15.5 Å². The van der Waals surface area contributed by atoms with Gasteiger partial charge in [0.25, 0.3) is 0 Å². The monoisotopic (exact) mass is 323 g/mol. The summed E-state index contributed by atoms with van der Waals surface area (Å²) >= 11 is 3.51. The van der Waals surface area contributed by atoms with Crippen LogP contribution in [-0.4, -0.2) is 22.8 Å². The Morgan fingerprint density at radius 1 is 1.32 bits per heavy atom. The highest BCUT2D eigenvalue weighted by atomic mass is 79.9. The van der Waals surface area contributed by atoms with Gasteiger partial charge in [-0.1, -0.05) is 35.8 Å². The fourth-order valence-corrected chi connectivity index (χ4v) is 2.14. The van der Waals surface area contributed by atoms with Crippen molar-refractivity contribution < 1.29 is 4.42 Å². The maximum atomic E-state index is 5.70. The molecule has 5 heteroatoms. The summed E-state index contributed by atoms with van der Waals surface area (Å²) in [4.78, 5) is 0. The average molecular weight is 324 g/mol. The smallest absolute Gasteiger partial charge is 0.248 e. The van der Waals surface area contributed by atoms with Crippen molar-refractivity contribution in [3.63, 3.8) is 0 Å². The minimum atomic E-state index is 0.467. The fraction of sp³-hybridized carbons (Fsp3) is 0.429. The lowest BCUT2D eigenvalue weighted by molar-refractivity contribution is 0.484. The highest BCUT2D eigenvalue weighted by molar-refractivity contribution is 9.10. The molecule has 0 bridgehead atoms. The Morgan fingerprint density at radius 3 is 2.84 bits per heavy atom. The molecule has 0 aliphatic heterocycles. The summed E-state index contributed by atoms with van der Waals surface area (Å²) in [7, 11) is 0. The van der Waals surface area contributed by atoms with Gasteiger partial charge >= 0.3 is 0 Å². The first kappa shape index (κ1) is 14.2. The van der Waals surface area contributed by atoms with Gasteiger partial charge in [-0.25, -0.2) is 0 Å². The number of aromatic nitrogens is 2. The molecular weight excluding hydrogens is 306 g/mol. The minimum absolute atomic E-state index is 0.467. The van der Waals surface area contributed by atoms with Gasteiger partial charge in [0.05, 0.1) is 0 Å². The molecule has 1 aromatic carbocycles. The van der Waals surface area contributed by atoms with E-state index >= 15 is 0 Å². The number of benzene rings is 1.